The number of nitrogen functional groups attached to an aromatic ring is 1. The number of imidazole rings is 1. The number of hydrazine groups is 1. The van der Waals surface area contributed by atoms with Crippen LogP contribution >= 0.6 is 0 Å². The van der Waals surface area contributed by atoms with Crippen LogP contribution in [0.15, 0.2) is 18.7 Å². The number of hydrogen-bond acceptors (Lipinski definition) is 9. The Morgan fingerprint density at radius 2 is 2.00 bits per heavy atom. The second-order valence-electron chi connectivity index (χ2n) is 3.99. The topological polar surface area (TPSA) is 153 Å². The predicted octanol–water partition coefficient (Wildman–Crippen LogP) is -1.70. The smallest absolute Gasteiger partial charge is 0.243 e. The van der Waals surface area contributed by atoms with Crippen LogP contribution < -0.4 is 21.3 Å². The van der Waals surface area contributed by atoms with Gasteiger partial charge in [0.25, 0.3) is 0 Å². The summed E-state index contributed by atoms with van der Waals surface area (Å²) in [5.41, 5.74) is 2.34. The minimum Gasteiger partial charge on any atom is -0.353 e. The van der Waals surface area contributed by atoms with E-state index in [0.717, 1.165) is 6.26 Å². The first-order valence-corrected chi connectivity index (χ1v) is 7.76. The normalized spacial score (nSPS) is 11.3. The molecule has 0 amide bonds. The molecule has 0 saturated carbocycles. The molecular weight excluding hydrogens is 298 g/mol. The van der Waals surface area contributed by atoms with E-state index >= 15 is 0 Å². The summed E-state index contributed by atoms with van der Waals surface area (Å²) in [6.45, 7) is 0.515. The van der Waals surface area contributed by atoms with Gasteiger partial charge in [0.05, 0.1) is 6.26 Å². The largest absolute Gasteiger partial charge is 0.353 e. The first kappa shape index (κ1) is 15.1. The van der Waals surface area contributed by atoms with E-state index < -0.39 is 10.0 Å². The van der Waals surface area contributed by atoms with Crippen LogP contribution in [0.4, 0.5) is 11.9 Å². The molecule has 5 N–H and O–H groups in total. The molecule has 0 aliphatic rings. The first-order chi connectivity index (χ1) is 9.98. The summed E-state index contributed by atoms with van der Waals surface area (Å²) in [6.07, 6.45) is 5.88. The van der Waals surface area contributed by atoms with Crippen molar-refractivity contribution >= 4 is 21.9 Å². The van der Waals surface area contributed by atoms with Crippen LogP contribution in [0, 0.1) is 0 Å². The Balaban J connectivity index is 2.07. The van der Waals surface area contributed by atoms with E-state index in [1.54, 1.807) is 17.0 Å². The third-order valence-electron chi connectivity index (χ3n) is 2.26. The van der Waals surface area contributed by atoms with Crippen molar-refractivity contribution in [2.75, 3.05) is 30.1 Å². The summed E-state index contributed by atoms with van der Waals surface area (Å²) in [5, 5.41) is 2.88. The second-order valence-corrected chi connectivity index (χ2v) is 5.82. The van der Waals surface area contributed by atoms with Crippen LogP contribution in [0.3, 0.4) is 0 Å². The maximum Gasteiger partial charge on any atom is 0.243 e. The van der Waals surface area contributed by atoms with E-state index in [4.69, 9.17) is 5.84 Å². The zero-order valence-electron chi connectivity index (χ0n) is 11.2. The molecule has 0 aromatic carbocycles. The molecule has 0 saturated heterocycles. The minimum atomic E-state index is -3.22. The standard InChI is InChI=1S/C9H15N9O2S/c1-21(19,20)13-3-2-12-7-14-8(17-10)16-9(15-7)18-5-4-11-6-18/h4-6,13H,2-3,10H2,1H3,(H2,12,14,15,16,17). The van der Waals surface area contributed by atoms with E-state index in [1.807, 2.05) is 0 Å². The zero-order valence-corrected chi connectivity index (χ0v) is 12.0. The van der Waals surface area contributed by atoms with Gasteiger partial charge in [-0.2, -0.15) is 15.0 Å². The molecule has 0 bridgehead atoms. The van der Waals surface area contributed by atoms with Gasteiger partial charge in [0.2, 0.25) is 27.9 Å². The molecule has 114 valence electrons. The molecule has 11 nitrogen and oxygen atoms in total. The average molecular weight is 313 g/mol. The number of hydrogen-bond donors (Lipinski definition) is 4. The summed E-state index contributed by atoms with van der Waals surface area (Å²) < 4.78 is 25.8. The second kappa shape index (κ2) is 6.43. The van der Waals surface area contributed by atoms with Crippen LogP contribution in [-0.2, 0) is 10.0 Å². The summed E-state index contributed by atoms with van der Waals surface area (Å²) in [7, 11) is -3.22. The Morgan fingerprint density at radius 1 is 1.24 bits per heavy atom. The fraction of sp³-hybridized carbons (Fsp3) is 0.333. The summed E-state index contributed by atoms with van der Waals surface area (Å²) in [4.78, 5) is 16.2. The number of nitrogens with two attached hydrogens (primary N) is 1. The van der Waals surface area contributed by atoms with Gasteiger partial charge in [-0.3, -0.25) is 9.99 Å². The molecule has 0 radical (unpaired) electrons. The Bertz CT molecular complexity index is 685. The number of rotatable bonds is 7. The molecule has 2 heterocycles. The van der Waals surface area contributed by atoms with E-state index in [9.17, 15) is 8.42 Å². The molecule has 21 heavy (non-hydrogen) atoms. The first-order valence-electron chi connectivity index (χ1n) is 5.87. The number of aromatic nitrogens is 5. The van der Waals surface area contributed by atoms with Gasteiger partial charge in [0, 0.05) is 25.5 Å². The van der Waals surface area contributed by atoms with Crippen molar-refractivity contribution in [3.8, 4) is 5.95 Å². The Kier molecular flexibility index (Phi) is 4.62. The Labute approximate surface area is 121 Å². The summed E-state index contributed by atoms with van der Waals surface area (Å²) >= 11 is 0. The quantitative estimate of drug-likeness (QED) is 0.266. The molecule has 2 aromatic rings. The van der Waals surface area contributed by atoms with Crippen LogP contribution in [0.5, 0.6) is 0 Å². The SMILES string of the molecule is CS(=O)(=O)NCCNc1nc(NN)nc(-n2ccnc2)n1. The predicted molar refractivity (Wildman–Crippen MR) is 76.1 cm³/mol. The van der Waals surface area contributed by atoms with Gasteiger partial charge >= 0.3 is 0 Å². The molecule has 0 fully saturated rings. The monoisotopic (exact) mass is 313 g/mol. The van der Waals surface area contributed by atoms with Gasteiger partial charge in [-0.1, -0.05) is 0 Å². The third kappa shape index (κ3) is 4.62. The molecule has 2 aromatic heterocycles. The lowest BCUT2D eigenvalue weighted by Crippen LogP contribution is -2.28. The van der Waals surface area contributed by atoms with Crippen LogP contribution in [-0.4, -0.2) is 52.3 Å². The van der Waals surface area contributed by atoms with Gasteiger partial charge in [-0.05, 0) is 0 Å². The highest BCUT2D eigenvalue weighted by Gasteiger charge is 2.07. The molecule has 12 heteroatoms. The number of nitrogens with one attached hydrogen (secondary N) is 3. The molecule has 0 aliphatic heterocycles. The Morgan fingerprint density at radius 3 is 2.62 bits per heavy atom. The van der Waals surface area contributed by atoms with Crippen LogP contribution in [0.1, 0.15) is 0 Å². The molecule has 2 rings (SSSR count). The van der Waals surface area contributed by atoms with E-state index in [1.165, 1.54) is 6.33 Å². The molecular formula is C9H15N9O2S. The highest BCUT2D eigenvalue weighted by molar-refractivity contribution is 7.88. The third-order valence-corrected chi connectivity index (χ3v) is 2.99. The fourth-order valence-electron chi connectivity index (χ4n) is 1.41. The number of nitrogens with zero attached hydrogens (tertiary/aromatic N) is 5. The highest BCUT2D eigenvalue weighted by Crippen LogP contribution is 2.07. The van der Waals surface area contributed by atoms with Crippen LogP contribution in [0.2, 0.25) is 0 Å². The maximum absolute atomic E-state index is 10.9. The Hall–Kier alpha value is -2.31. The van der Waals surface area contributed by atoms with Gasteiger partial charge in [-0.25, -0.2) is 24.0 Å². The molecule has 0 spiro atoms. The van der Waals surface area contributed by atoms with Crippen molar-refractivity contribution in [1.29, 1.82) is 0 Å². The van der Waals surface area contributed by atoms with Gasteiger partial charge in [0.15, 0.2) is 0 Å². The van der Waals surface area contributed by atoms with E-state index in [2.05, 4.69) is 35.4 Å². The average Bonchev–Trinajstić information content (AvgIpc) is 2.96. The van der Waals surface area contributed by atoms with Gasteiger partial charge in [-0.15, -0.1) is 0 Å². The van der Waals surface area contributed by atoms with E-state index in [0.29, 0.717) is 12.5 Å². The summed E-state index contributed by atoms with van der Waals surface area (Å²) in [5.74, 6) is 6.07. The molecule has 0 unspecified atom stereocenters. The number of anilines is 2. The van der Waals surface area contributed by atoms with Crippen molar-refractivity contribution < 1.29 is 8.42 Å². The lowest BCUT2D eigenvalue weighted by atomic mass is 10.6. The van der Waals surface area contributed by atoms with Crippen molar-refractivity contribution in [3.05, 3.63) is 18.7 Å². The molecule has 0 aliphatic carbocycles. The zero-order chi connectivity index (χ0) is 15.3. The maximum atomic E-state index is 10.9. The fourth-order valence-corrected chi connectivity index (χ4v) is 1.88. The summed E-state index contributed by atoms with van der Waals surface area (Å²) in [6, 6.07) is 0. The van der Waals surface area contributed by atoms with Crippen molar-refractivity contribution in [2.24, 2.45) is 5.84 Å². The number of sulfonamides is 1. The lowest BCUT2D eigenvalue weighted by Gasteiger charge is -2.08. The highest BCUT2D eigenvalue weighted by atomic mass is 32.2. The van der Waals surface area contributed by atoms with Crippen LogP contribution in [0.25, 0.3) is 5.95 Å². The van der Waals surface area contributed by atoms with Gasteiger partial charge in [0.1, 0.15) is 6.33 Å². The minimum absolute atomic E-state index is 0.173. The van der Waals surface area contributed by atoms with E-state index in [-0.39, 0.29) is 18.4 Å². The lowest BCUT2D eigenvalue weighted by molar-refractivity contribution is 0.589. The van der Waals surface area contributed by atoms with Crippen molar-refractivity contribution in [2.45, 2.75) is 0 Å². The molecule has 0 atom stereocenters. The van der Waals surface area contributed by atoms with Crippen molar-refractivity contribution in [1.82, 2.24) is 29.2 Å². The van der Waals surface area contributed by atoms with Crippen molar-refractivity contribution in [3.63, 3.8) is 0 Å². The van der Waals surface area contributed by atoms with Gasteiger partial charge < -0.3 is 5.32 Å².